The maximum absolute atomic E-state index is 12.8. The van der Waals surface area contributed by atoms with Crippen molar-refractivity contribution in [1.82, 2.24) is 10.6 Å². The Balaban J connectivity index is 2.13. The van der Waals surface area contributed by atoms with Crippen LogP contribution in [0.2, 0.25) is 0 Å². The molecule has 0 saturated heterocycles. The van der Waals surface area contributed by atoms with Crippen molar-refractivity contribution in [1.29, 1.82) is 0 Å². The summed E-state index contributed by atoms with van der Waals surface area (Å²) in [6.45, 7) is 0.920. The van der Waals surface area contributed by atoms with Gasteiger partial charge in [0.15, 0.2) is 0 Å². The Morgan fingerprint density at radius 1 is 1.13 bits per heavy atom. The molecule has 31 heavy (non-hydrogen) atoms. The van der Waals surface area contributed by atoms with E-state index in [1.165, 1.54) is 19.2 Å². The number of carbonyl (C=O) groups excluding carboxylic acids is 2. The minimum atomic E-state index is -0.931. The molecule has 168 valence electrons. The number of benzene rings is 2. The molecule has 0 aliphatic carbocycles. The first kappa shape index (κ1) is 24.2. The zero-order chi connectivity index (χ0) is 22.6. The van der Waals surface area contributed by atoms with Crippen LogP contribution in [0.1, 0.15) is 34.3 Å². The third-order valence-electron chi connectivity index (χ3n) is 4.75. The number of phenols is 1. The Labute approximate surface area is 182 Å². The van der Waals surface area contributed by atoms with Gasteiger partial charge in [0, 0.05) is 18.1 Å². The van der Waals surface area contributed by atoms with Gasteiger partial charge in [0.05, 0.1) is 25.9 Å². The molecule has 2 aromatic rings. The van der Waals surface area contributed by atoms with E-state index in [1.807, 2.05) is 37.4 Å². The van der Waals surface area contributed by atoms with Gasteiger partial charge in [0.25, 0.3) is 5.91 Å². The first-order valence-corrected chi connectivity index (χ1v) is 10.2. The maximum atomic E-state index is 12.8. The number of rotatable bonds is 12. The summed E-state index contributed by atoms with van der Waals surface area (Å²) < 4.78 is 10.5. The molecular formula is C23H30N2O6. The normalized spacial score (nSPS) is 11.6. The number of nitrogens with one attached hydrogen (secondary N) is 2. The van der Waals surface area contributed by atoms with Crippen molar-refractivity contribution in [3.63, 3.8) is 0 Å². The van der Waals surface area contributed by atoms with Crippen LogP contribution in [0.25, 0.3) is 0 Å². The number of unbranched alkanes of at least 4 members (excludes halogenated alkanes) is 1. The average molecular weight is 431 g/mol. The number of hydrogen-bond donors (Lipinski definition) is 4. The van der Waals surface area contributed by atoms with Crippen LogP contribution >= 0.6 is 0 Å². The molecule has 0 aliphatic rings. The van der Waals surface area contributed by atoms with Crippen LogP contribution in [-0.4, -0.2) is 55.4 Å². The van der Waals surface area contributed by atoms with Crippen molar-refractivity contribution in [2.75, 3.05) is 27.3 Å². The maximum Gasteiger partial charge on any atom is 0.328 e. The standard InChI is InChI=1S/C23H30N2O6/c1-24-10-6-7-11-31-21-14-20(27)18(13-17(21)15-26)22(28)25-19(23(29)30-2)12-16-8-4-3-5-9-16/h3-5,8-9,13-14,19,24,26-27H,6-7,10-12,15H2,1-2H3,(H,25,28). The molecule has 8 nitrogen and oxygen atoms in total. The molecule has 1 atom stereocenters. The molecule has 0 aromatic heterocycles. The molecule has 1 unspecified atom stereocenters. The lowest BCUT2D eigenvalue weighted by Crippen LogP contribution is -2.43. The van der Waals surface area contributed by atoms with Gasteiger partial charge in [-0.2, -0.15) is 0 Å². The van der Waals surface area contributed by atoms with Gasteiger partial charge in [-0.25, -0.2) is 4.79 Å². The molecular weight excluding hydrogens is 400 g/mol. The van der Waals surface area contributed by atoms with E-state index < -0.39 is 17.9 Å². The quantitative estimate of drug-likeness (QED) is 0.299. The van der Waals surface area contributed by atoms with E-state index in [1.54, 1.807) is 0 Å². The zero-order valence-corrected chi connectivity index (χ0v) is 17.9. The van der Waals surface area contributed by atoms with Crippen LogP contribution in [0.4, 0.5) is 0 Å². The molecule has 8 heteroatoms. The number of hydrogen-bond acceptors (Lipinski definition) is 7. The molecule has 0 fully saturated rings. The largest absolute Gasteiger partial charge is 0.507 e. The number of aromatic hydroxyl groups is 1. The van der Waals surface area contributed by atoms with Crippen molar-refractivity contribution < 1.29 is 29.3 Å². The molecule has 0 spiro atoms. The molecule has 0 aliphatic heterocycles. The van der Waals surface area contributed by atoms with Gasteiger partial charge in [-0.05, 0) is 38.1 Å². The molecule has 4 N–H and O–H groups in total. The van der Waals surface area contributed by atoms with Crippen LogP contribution in [0.5, 0.6) is 11.5 Å². The Bertz CT molecular complexity index is 857. The van der Waals surface area contributed by atoms with Crippen molar-refractivity contribution in [2.45, 2.75) is 31.9 Å². The van der Waals surface area contributed by atoms with Crippen molar-refractivity contribution in [3.05, 3.63) is 59.2 Å². The topological polar surface area (TPSA) is 117 Å². The second-order valence-electron chi connectivity index (χ2n) is 7.03. The summed E-state index contributed by atoms with van der Waals surface area (Å²) in [4.78, 5) is 25.0. The van der Waals surface area contributed by atoms with Gasteiger partial charge in [0.2, 0.25) is 0 Å². The first-order chi connectivity index (χ1) is 15.0. The molecule has 0 saturated carbocycles. The molecule has 0 radical (unpaired) electrons. The van der Waals surface area contributed by atoms with E-state index in [0.29, 0.717) is 17.9 Å². The summed E-state index contributed by atoms with van der Waals surface area (Å²) in [5, 5.41) is 25.7. The predicted molar refractivity (Wildman–Crippen MR) is 116 cm³/mol. The molecule has 2 aromatic carbocycles. The van der Waals surface area contributed by atoms with Crippen molar-refractivity contribution in [2.24, 2.45) is 0 Å². The smallest absolute Gasteiger partial charge is 0.328 e. The highest BCUT2D eigenvalue weighted by atomic mass is 16.5. The molecule has 0 heterocycles. The summed E-state index contributed by atoms with van der Waals surface area (Å²) in [5.74, 6) is -1.24. The van der Waals surface area contributed by atoms with Crippen molar-refractivity contribution >= 4 is 11.9 Å². The summed E-state index contributed by atoms with van der Waals surface area (Å²) in [7, 11) is 3.12. The fourth-order valence-corrected chi connectivity index (χ4v) is 3.06. The highest BCUT2D eigenvalue weighted by molar-refractivity contribution is 5.99. The van der Waals surface area contributed by atoms with E-state index in [-0.39, 0.29) is 24.3 Å². The lowest BCUT2D eigenvalue weighted by Gasteiger charge is -2.18. The fraction of sp³-hybridized carbons (Fsp3) is 0.391. The molecule has 0 bridgehead atoms. The van der Waals surface area contributed by atoms with E-state index in [4.69, 9.17) is 9.47 Å². The van der Waals surface area contributed by atoms with Crippen LogP contribution in [0.3, 0.4) is 0 Å². The third kappa shape index (κ3) is 7.27. The molecule has 2 rings (SSSR count). The van der Waals surface area contributed by atoms with Gasteiger partial charge >= 0.3 is 5.97 Å². The van der Waals surface area contributed by atoms with Gasteiger partial charge in [-0.15, -0.1) is 0 Å². The van der Waals surface area contributed by atoms with Crippen LogP contribution in [0.15, 0.2) is 42.5 Å². The fourth-order valence-electron chi connectivity index (χ4n) is 3.06. The Morgan fingerprint density at radius 2 is 1.87 bits per heavy atom. The number of amides is 1. The van der Waals surface area contributed by atoms with Gasteiger partial charge in [0.1, 0.15) is 17.5 Å². The van der Waals surface area contributed by atoms with Gasteiger partial charge in [-0.3, -0.25) is 4.79 Å². The van der Waals surface area contributed by atoms with E-state index in [0.717, 1.165) is 24.9 Å². The minimum absolute atomic E-state index is 0.0615. The summed E-state index contributed by atoms with van der Waals surface area (Å²) in [6, 6.07) is 10.9. The van der Waals surface area contributed by atoms with E-state index in [9.17, 15) is 19.8 Å². The van der Waals surface area contributed by atoms with E-state index >= 15 is 0 Å². The third-order valence-corrected chi connectivity index (χ3v) is 4.75. The Morgan fingerprint density at radius 3 is 2.52 bits per heavy atom. The first-order valence-electron chi connectivity index (χ1n) is 10.2. The summed E-state index contributed by atoms with van der Waals surface area (Å²) >= 11 is 0. The van der Waals surface area contributed by atoms with E-state index in [2.05, 4.69) is 10.6 Å². The molecule has 1 amide bonds. The second kappa shape index (κ2) is 12.6. The average Bonchev–Trinajstić information content (AvgIpc) is 2.78. The van der Waals surface area contributed by atoms with Crippen molar-refractivity contribution in [3.8, 4) is 11.5 Å². The second-order valence-corrected chi connectivity index (χ2v) is 7.03. The zero-order valence-electron chi connectivity index (χ0n) is 17.9. The SMILES string of the molecule is CNCCCCOc1cc(O)c(C(=O)NC(Cc2ccccc2)C(=O)OC)cc1CO. The van der Waals surface area contributed by atoms with Gasteiger partial charge < -0.3 is 30.3 Å². The summed E-state index contributed by atoms with van der Waals surface area (Å²) in [5.41, 5.74) is 1.16. The number of esters is 1. The minimum Gasteiger partial charge on any atom is -0.507 e. The number of methoxy groups -OCH3 is 1. The highest BCUT2D eigenvalue weighted by Gasteiger charge is 2.25. The van der Waals surface area contributed by atoms with Gasteiger partial charge in [-0.1, -0.05) is 30.3 Å². The Hall–Kier alpha value is -3.10. The Kier molecular flexibility index (Phi) is 9.80. The predicted octanol–water partition coefficient (Wildman–Crippen LogP) is 1.78. The lowest BCUT2D eigenvalue weighted by molar-refractivity contribution is -0.142. The van der Waals surface area contributed by atoms with Crippen LogP contribution in [-0.2, 0) is 22.6 Å². The highest BCUT2D eigenvalue weighted by Crippen LogP contribution is 2.29. The number of ether oxygens (including phenoxy) is 2. The number of carbonyl (C=O) groups is 2. The van der Waals surface area contributed by atoms with Crippen LogP contribution < -0.4 is 15.4 Å². The number of aliphatic hydroxyl groups is 1. The summed E-state index contributed by atoms with van der Waals surface area (Å²) in [6.07, 6.45) is 1.96. The lowest BCUT2D eigenvalue weighted by atomic mass is 10.0. The number of aliphatic hydroxyl groups excluding tert-OH is 1. The number of phenolic OH excluding ortho intramolecular Hbond substituents is 1. The van der Waals surface area contributed by atoms with Crippen LogP contribution in [0, 0.1) is 0 Å². The monoisotopic (exact) mass is 430 g/mol.